The van der Waals surface area contributed by atoms with Crippen LogP contribution in [0.1, 0.15) is 29.3 Å². The zero-order valence-corrected chi connectivity index (χ0v) is 12.7. The lowest BCUT2D eigenvalue weighted by atomic mass is 10.0. The Hall–Kier alpha value is -1.39. The monoisotopic (exact) mass is 275 g/mol. The van der Waals surface area contributed by atoms with Crippen molar-refractivity contribution in [1.29, 1.82) is 0 Å². The fourth-order valence-corrected chi connectivity index (χ4v) is 2.51. The van der Waals surface area contributed by atoms with E-state index < -0.39 is 0 Å². The molecule has 1 heterocycles. The summed E-state index contributed by atoms with van der Waals surface area (Å²) in [6.07, 6.45) is 2.07. The van der Waals surface area contributed by atoms with E-state index in [-0.39, 0.29) is 11.8 Å². The highest BCUT2D eigenvalue weighted by Crippen LogP contribution is 2.23. The van der Waals surface area contributed by atoms with Crippen LogP contribution in [0.15, 0.2) is 18.2 Å². The van der Waals surface area contributed by atoms with Gasteiger partial charge >= 0.3 is 0 Å². The van der Waals surface area contributed by atoms with Crippen molar-refractivity contribution in [3.05, 3.63) is 29.3 Å². The van der Waals surface area contributed by atoms with Crippen LogP contribution < -0.4 is 10.6 Å². The van der Waals surface area contributed by atoms with Crippen molar-refractivity contribution in [2.75, 3.05) is 39.0 Å². The Balaban J connectivity index is 1.87. The fourth-order valence-electron chi connectivity index (χ4n) is 2.51. The molecule has 1 unspecified atom stereocenters. The Morgan fingerprint density at radius 3 is 3.00 bits per heavy atom. The first-order valence-corrected chi connectivity index (χ1v) is 7.37. The average molecular weight is 275 g/mol. The van der Waals surface area contributed by atoms with Gasteiger partial charge in [0.1, 0.15) is 0 Å². The number of nitrogens with one attached hydrogen (secondary N) is 2. The third-order valence-electron chi connectivity index (χ3n) is 3.73. The van der Waals surface area contributed by atoms with Crippen LogP contribution in [0.25, 0.3) is 0 Å². The van der Waals surface area contributed by atoms with Crippen molar-refractivity contribution in [2.24, 2.45) is 0 Å². The lowest BCUT2D eigenvalue weighted by Gasteiger charge is -2.15. The first-order chi connectivity index (χ1) is 9.58. The lowest BCUT2D eigenvalue weighted by Crippen LogP contribution is -2.35. The SMILES string of the molecule is CC(NCCCN(C)C)C(=O)c1ccc2c(c1)CCN2. The van der Waals surface area contributed by atoms with E-state index in [1.165, 1.54) is 11.3 Å². The van der Waals surface area contributed by atoms with E-state index in [2.05, 4.69) is 29.6 Å². The number of nitrogens with zero attached hydrogens (tertiary/aromatic N) is 1. The molecule has 0 radical (unpaired) electrons. The number of ketones is 1. The third-order valence-corrected chi connectivity index (χ3v) is 3.73. The Morgan fingerprint density at radius 1 is 1.45 bits per heavy atom. The zero-order valence-electron chi connectivity index (χ0n) is 12.7. The van der Waals surface area contributed by atoms with Crippen molar-refractivity contribution in [2.45, 2.75) is 25.8 Å². The van der Waals surface area contributed by atoms with Gasteiger partial charge in [0.15, 0.2) is 5.78 Å². The summed E-state index contributed by atoms with van der Waals surface area (Å²) in [6, 6.07) is 5.87. The molecule has 110 valence electrons. The van der Waals surface area contributed by atoms with E-state index in [1.807, 2.05) is 25.1 Å². The third kappa shape index (κ3) is 3.81. The maximum atomic E-state index is 12.4. The van der Waals surface area contributed by atoms with Crippen LogP contribution in [0.4, 0.5) is 5.69 Å². The molecular formula is C16H25N3O. The Morgan fingerprint density at radius 2 is 2.25 bits per heavy atom. The smallest absolute Gasteiger partial charge is 0.179 e. The summed E-state index contributed by atoms with van der Waals surface area (Å²) in [5.41, 5.74) is 3.25. The van der Waals surface area contributed by atoms with Crippen LogP contribution in [0.5, 0.6) is 0 Å². The highest BCUT2D eigenvalue weighted by Gasteiger charge is 2.17. The van der Waals surface area contributed by atoms with Gasteiger partial charge < -0.3 is 15.5 Å². The van der Waals surface area contributed by atoms with Crippen molar-refractivity contribution in [3.8, 4) is 0 Å². The predicted octanol–water partition coefficient (Wildman–Crippen LogP) is 1.77. The highest BCUT2D eigenvalue weighted by atomic mass is 16.1. The summed E-state index contributed by atoms with van der Waals surface area (Å²) in [4.78, 5) is 14.5. The topological polar surface area (TPSA) is 44.4 Å². The van der Waals surface area contributed by atoms with Gasteiger partial charge in [-0.05, 0) is 70.7 Å². The molecule has 0 aromatic heterocycles. The summed E-state index contributed by atoms with van der Waals surface area (Å²) in [5, 5.41) is 6.63. The van der Waals surface area contributed by atoms with E-state index in [4.69, 9.17) is 0 Å². The Kier molecular flexibility index (Phi) is 5.15. The molecule has 4 heteroatoms. The minimum atomic E-state index is -0.121. The number of hydrogen-bond donors (Lipinski definition) is 2. The van der Waals surface area contributed by atoms with Crippen LogP contribution >= 0.6 is 0 Å². The minimum Gasteiger partial charge on any atom is -0.384 e. The fraction of sp³-hybridized carbons (Fsp3) is 0.562. The summed E-state index contributed by atoms with van der Waals surface area (Å²) in [7, 11) is 4.13. The lowest BCUT2D eigenvalue weighted by molar-refractivity contribution is 0.0950. The van der Waals surface area contributed by atoms with E-state index in [1.54, 1.807) is 0 Å². The van der Waals surface area contributed by atoms with Gasteiger partial charge in [0.25, 0.3) is 0 Å². The van der Waals surface area contributed by atoms with Gasteiger partial charge in [-0.2, -0.15) is 0 Å². The van der Waals surface area contributed by atoms with Crippen LogP contribution in [-0.2, 0) is 6.42 Å². The van der Waals surface area contributed by atoms with Crippen LogP contribution in [0, 0.1) is 0 Å². The van der Waals surface area contributed by atoms with Crippen molar-refractivity contribution in [3.63, 3.8) is 0 Å². The molecule has 0 saturated carbocycles. The number of benzene rings is 1. The first-order valence-electron chi connectivity index (χ1n) is 7.37. The quantitative estimate of drug-likeness (QED) is 0.588. The molecule has 1 aromatic rings. The van der Waals surface area contributed by atoms with Gasteiger partial charge in [0.05, 0.1) is 6.04 Å². The number of rotatable bonds is 7. The van der Waals surface area contributed by atoms with E-state index in [0.717, 1.165) is 38.0 Å². The second kappa shape index (κ2) is 6.86. The van der Waals surface area contributed by atoms with Crippen LogP contribution in [0.3, 0.4) is 0 Å². The molecule has 0 spiro atoms. The number of Topliss-reactive ketones (excluding diaryl/α,β-unsaturated/α-hetero) is 1. The number of fused-ring (bicyclic) bond motifs is 1. The van der Waals surface area contributed by atoms with Gasteiger partial charge in [-0.15, -0.1) is 0 Å². The molecule has 1 aromatic carbocycles. The predicted molar refractivity (Wildman–Crippen MR) is 83.6 cm³/mol. The standard InChI is InChI=1S/C16H25N3O/c1-12(17-8-4-10-19(2)3)16(20)14-5-6-15-13(11-14)7-9-18-15/h5-6,11-12,17-18H,4,7-10H2,1-3H3. The molecule has 0 amide bonds. The van der Waals surface area contributed by atoms with Gasteiger partial charge in [0, 0.05) is 17.8 Å². The van der Waals surface area contributed by atoms with Gasteiger partial charge in [0.2, 0.25) is 0 Å². The summed E-state index contributed by atoms with van der Waals surface area (Å²) >= 11 is 0. The molecule has 2 rings (SSSR count). The molecule has 0 saturated heterocycles. The summed E-state index contributed by atoms with van der Waals surface area (Å²) in [6.45, 7) is 4.84. The van der Waals surface area contributed by atoms with Gasteiger partial charge in [-0.1, -0.05) is 0 Å². The average Bonchev–Trinajstić information content (AvgIpc) is 2.89. The van der Waals surface area contributed by atoms with E-state index in [9.17, 15) is 4.79 Å². The molecule has 2 N–H and O–H groups in total. The number of carbonyl (C=O) groups is 1. The maximum absolute atomic E-state index is 12.4. The summed E-state index contributed by atoms with van der Waals surface area (Å²) < 4.78 is 0. The molecule has 1 aliphatic heterocycles. The number of carbonyl (C=O) groups excluding carboxylic acids is 1. The molecule has 1 atom stereocenters. The minimum absolute atomic E-state index is 0.121. The Labute approximate surface area is 121 Å². The second-order valence-electron chi connectivity index (χ2n) is 5.75. The highest BCUT2D eigenvalue weighted by molar-refractivity contribution is 6.00. The Bertz CT molecular complexity index is 471. The number of hydrogen-bond acceptors (Lipinski definition) is 4. The number of anilines is 1. The molecular weight excluding hydrogens is 250 g/mol. The van der Waals surface area contributed by atoms with E-state index >= 15 is 0 Å². The van der Waals surface area contributed by atoms with Crippen LogP contribution in [-0.4, -0.2) is 50.5 Å². The largest absolute Gasteiger partial charge is 0.384 e. The van der Waals surface area contributed by atoms with Gasteiger partial charge in [-0.3, -0.25) is 4.79 Å². The normalized spacial score (nSPS) is 15.0. The van der Waals surface area contributed by atoms with Crippen molar-refractivity contribution >= 4 is 11.5 Å². The van der Waals surface area contributed by atoms with Gasteiger partial charge in [-0.25, -0.2) is 0 Å². The molecule has 0 fully saturated rings. The van der Waals surface area contributed by atoms with Crippen molar-refractivity contribution < 1.29 is 4.79 Å². The molecule has 20 heavy (non-hydrogen) atoms. The molecule has 0 aliphatic carbocycles. The van der Waals surface area contributed by atoms with Crippen LogP contribution in [0.2, 0.25) is 0 Å². The maximum Gasteiger partial charge on any atom is 0.179 e. The molecule has 0 bridgehead atoms. The molecule has 4 nitrogen and oxygen atoms in total. The van der Waals surface area contributed by atoms with Crippen molar-refractivity contribution in [1.82, 2.24) is 10.2 Å². The first kappa shape index (κ1) is 15.0. The molecule has 1 aliphatic rings. The zero-order chi connectivity index (χ0) is 14.5. The van der Waals surface area contributed by atoms with E-state index in [0.29, 0.717) is 0 Å². The second-order valence-corrected chi connectivity index (χ2v) is 5.75. The summed E-state index contributed by atoms with van der Waals surface area (Å²) in [5.74, 6) is 0.185.